The Morgan fingerprint density at radius 2 is 2.08 bits per heavy atom. The van der Waals surface area contributed by atoms with Gasteiger partial charge in [-0.1, -0.05) is 0 Å². The van der Waals surface area contributed by atoms with Crippen molar-refractivity contribution in [1.29, 1.82) is 0 Å². The minimum Gasteiger partial charge on any atom is -0.446 e. The molecule has 0 unspecified atom stereocenters. The first kappa shape index (κ1) is 9.79. The number of rotatable bonds is 3. The molecular weight excluding hydrogens is 174 g/mol. The number of hydrazine groups is 1. The third kappa shape index (κ3) is 2.90. The summed E-state index contributed by atoms with van der Waals surface area (Å²) < 4.78 is 4.71. The van der Waals surface area contributed by atoms with E-state index < -0.39 is 6.09 Å². The fourth-order valence-corrected chi connectivity index (χ4v) is 1.42. The van der Waals surface area contributed by atoms with Gasteiger partial charge in [0.15, 0.2) is 0 Å². The molecule has 0 radical (unpaired) electrons. The molecule has 0 aromatic heterocycles. The van der Waals surface area contributed by atoms with Crippen LogP contribution in [0.2, 0.25) is 0 Å². The Kier molecular flexibility index (Phi) is 3.07. The zero-order chi connectivity index (χ0) is 9.84. The van der Waals surface area contributed by atoms with Crippen LogP contribution in [0, 0.1) is 5.92 Å². The maximum absolute atomic E-state index is 10.8. The van der Waals surface area contributed by atoms with Crippen LogP contribution in [0.3, 0.4) is 0 Å². The fourth-order valence-electron chi connectivity index (χ4n) is 1.42. The van der Waals surface area contributed by atoms with Crippen LogP contribution in [-0.4, -0.2) is 18.1 Å². The number of amides is 2. The molecule has 0 aromatic carbocycles. The van der Waals surface area contributed by atoms with E-state index in [0.717, 1.165) is 0 Å². The Balaban J connectivity index is 2.11. The Morgan fingerprint density at radius 3 is 2.54 bits per heavy atom. The van der Waals surface area contributed by atoms with Crippen molar-refractivity contribution < 1.29 is 14.3 Å². The lowest BCUT2D eigenvalue weighted by atomic mass is 9.80. The summed E-state index contributed by atoms with van der Waals surface area (Å²) in [5.41, 5.74) is 6.86. The fraction of sp³-hybridized carbons (Fsp3) is 0.714. The lowest BCUT2D eigenvalue weighted by Gasteiger charge is -2.33. The van der Waals surface area contributed by atoms with E-state index in [-0.39, 0.29) is 17.9 Å². The van der Waals surface area contributed by atoms with Crippen LogP contribution in [0.15, 0.2) is 0 Å². The third-order valence-corrected chi connectivity index (χ3v) is 2.11. The Morgan fingerprint density at radius 1 is 1.46 bits per heavy atom. The van der Waals surface area contributed by atoms with E-state index in [2.05, 4.69) is 0 Å². The molecule has 6 nitrogen and oxygen atoms in total. The predicted molar refractivity (Wildman–Crippen MR) is 44.1 cm³/mol. The summed E-state index contributed by atoms with van der Waals surface area (Å²) >= 11 is 0. The minimum absolute atomic E-state index is 0.118. The van der Waals surface area contributed by atoms with Crippen molar-refractivity contribution in [3.05, 3.63) is 0 Å². The minimum atomic E-state index is -0.758. The molecule has 0 saturated heterocycles. The summed E-state index contributed by atoms with van der Waals surface area (Å²) in [7, 11) is 0. The molecule has 5 N–H and O–H groups in total. The van der Waals surface area contributed by atoms with Gasteiger partial charge in [-0.05, 0) is 18.8 Å². The van der Waals surface area contributed by atoms with Crippen molar-refractivity contribution in [3.8, 4) is 0 Å². The Bertz CT molecular complexity index is 213. The molecule has 6 heteroatoms. The van der Waals surface area contributed by atoms with Gasteiger partial charge < -0.3 is 10.5 Å². The highest BCUT2D eigenvalue weighted by Gasteiger charge is 2.32. The number of nitrogens with one attached hydrogen (secondary N) is 1. The molecule has 1 saturated carbocycles. The lowest BCUT2D eigenvalue weighted by Crippen LogP contribution is -2.39. The van der Waals surface area contributed by atoms with Crippen molar-refractivity contribution in [1.82, 2.24) is 5.43 Å². The van der Waals surface area contributed by atoms with Gasteiger partial charge in [0.05, 0.1) is 0 Å². The number of carbonyl (C=O) groups is 2. The van der Waals surface area contributed by atoms with Gasteiger partial charge in [0, 0.05) is 6.42 Å². The monoisotopic (exact) mass is 187 g/mol. The molecule has 0 aromatic rings. The summed E-state index contributed by atoms with van der Waals surface area (Å²) in [6, 6.07) is 0. The molecule has 0 atom stereocenters. The lowest BCUT2D eigenvalue weighted by molar-refractivity contribution is -0.123. The van der Waals surface area contributed by atoms with E-state index in [9.17, 15) is 9.59 Å². The molecule has 1 fully saturated rings. The van der Waals surface area contributed by atoms with Crippen LogP contribution in [0.1, 0.15) is 19.3 Å². The zero-order valence-corrected chi connectivity index (χ0v) is 7.16. The predicted octanol–water partition coefficient (Wildman–Crippen LogP) is -0.760. The molecule has 2 amide bonds. The van der Waals surface area contributed by atoms with Gasteiger partial charge in [0.2, 0.25) is 5.91 Å². The molecule has 1 aliphatic carbocycles. The number of carbonyl (C=O) groups excluding carboxylic acids is 2. The van der Waals surface area contributed by atoms with Crippen LogP contribution in [0.25, 0.3) is 0 Å². The first-order chi connectivity index (χ1) is 6.11. The van der Waals surface area contributed by atoms with Crippen molar-refractivity contribution in [2.75, 3.05) is 0 Å². The quantitative estimate of drug-likeness (QED) is 0.306. The van der Waals surface area contributed by atoms with Crippen molar-refractivity contribution in [3.63, 3.8) is 0 Å². The van der Waals surface area contributed by atoms with E-state index in [4.69, 9.17) is 16.3 Å². The second-order valence-corrected chi connectivity index (χ2v) is 3.17. The average Bonchev–Trinajstić information content (AvgIpc) is 1.99. The van der Waals surface area contributed by atoms with Crippen LogP contribution in [0.5, 0.6) is 0 Å². The number of primary amides is 1. The largest absolute Gasteiger partial charge is 0.446 e. The molecule has 0 heterocycles. The highest BCUT2D eigenvalue weighted by Crippen LogP contribution is 2.32. The summed E-state index contributed by atoms with van der Waals surface area (Å²) in [5.74, 6) is 4.97. The van der Waals surface area contributed by atoms with Crippen molar-refractivity contribution in [2.24, 2.45) is 17.5 Å². The smallest absolute Gasteiger partial charge is 0.404 e. The first-order valence-corrected chi connectivity index (χ1v) is 4.07. The number of nitrogens with two attached hydrogens (primary N) is 2. The van der Waals surface area contributed by atoms with E-state index in [0.29, 0.717) is 19.3 Å². The summed E-state index contributed by atoms with van der Waals surface area (Å²) in [6.45, 7) is 0. The molecule has 0 aliphatic heterocycles. The highest BCUT2D eigenvalue weighted by atomic mass is 16.6. The summed E-state index contributed by atoms with van der Waals surface area (Å²) in [5, 5.41) is 0. The first-order valence-electron chi connectivity index (χ1n) is 4.07. The van der Waals surface area contributed by atoms with E-state index >= 15 is 0 Å². The summed E-state index contributed by atoms with van der Waals surface area (Å²) in [6.07, 6.45) is 0.891. The zero-order valence-electron chi connectivity index (χ0n) is 7.16. The Labute approximate surface area is 75.6 Å². The molecular formula is C7H13N3O3. The van der Waals surface area contributed by atoms with Crippen LogP contribution in [-0.2, 0) is 9.53 Å². The SMILES string of the molecule is NNC(=O)CC1CC(OC(N)=O)C1. The third-order valence-electron chi connectivity index (χ3n) is 2.11. The van der Waals surface area contributed by atoms with E-state index in [1.807, 2.05) is 5.43 Å². The average molecular weight is 187 g/mol. The highest BCUT2D eigenvalue weighted by molar-refractivity contribution is 5.75. The number of hydrogen-bond acceptors (Lipinski definition) is 4. The van der Waals surface area contributed by atoms with E-state index in [1.54, 1.807) is 0 Å². The van der Waals surface area contributed by atoms with Crippen LogP contribution in [0.4, 0.5) is 4.79 Å². The van der Waals surface area contributed by atoms with Gasteiger partial charge in [-0.3, -0.25) is 10.2 Å². The van der Waals surface area contributed by atoms with Gasteiger partial charge >= 0.3 is 6.09 Å². The standard InChI is InChI=1S/C7H13N3O3/c8-7(12)13-5-1-4(2-5)3-6(11)10-9/h4-5H,1-3,9H2,(H2,8,12)(H,10,11). The van der Waals surface area contributed by atoms with Crippen molar-refractivity contribution >= 4 is 12.0 Å². The Hall–Kier alpha value is -1.30. The van der Waals surface area contributed by atoms with Gasteiger partial charge in [0.1, 0.15) is 6.10 Å². The second-order valence-electron chi connectivity index (χ2n) is 3.17. The molecule has 13 heavy (non-hydrogen) atoms. The normalized spacial score (nSPS) is 25.9. The molecule has 74 valence electrons. The molecule has 0 bridgehead atoms. The van der Waals surface area contributed by atoms with Gasteiger partial charge in [-0.15, -0.1) is 0 Å². The topological polar surface area (TPSA) is 107 Å². The van der Waals surface area contributed by atoms with Gasteiger partial charge in [-0.2, -0.15) is 0 Å². The van der Waals surface area contributed by atoms with Crippen LogP contribution >= 0.6 is 0 Å². The van der Waals surface area contributed by atoms with Crippen molar-refractivity contribution in [2.45, 2.75) is 25.4 Å². The summed E-state index contributed by atoms with van der Waals surface area (Å²) in [4.78, 5) is 21.1. The number of ether oxygens (including phenoxy) is 1. The molecule has 1 rings (SSSR count). The molecule has 1 aliphatic rings. The van der Waals surface area contributed by atoms with E-state index in [1.165, 1.54) is 0 Å². The molecule has 0 spiro atoms. The van der Waals surface area contributed by atoms with Gasteiger partial charge in [-0.25, -0.2) is 10.6 Å². The second kappa shape index (κ2) is 4.08. The maximum Gasteiger partial charge on any atom is 0.404 e. The van der Waals surface area contributed by atoms with Crippen LogP contribution < -0.4 is 17.0 Å². The number of hydrogen-bond donors (Lipinski definition) is 3. The maximum atomic E-state index is 10.8. The van der Waals surface area contributed by atoms with Gasteiger partial charge in [0.25, 0.3) is 0 Å².